The molecule has 114 valence electrons. The lowest BCUT2D eigenvalue weighted by Gasteiger charge is -1.97. The zero-order valence-corrected chi connectivity index (χ0v) is 14.5. The molecule has 3 rings (SSSR count). The summed E-state index contributed by atoms with van der Waals surface area (Å²) in [6.07, 6.45) is 0.544. The summed E-state index contributed by atoms with van der Waals surface area (Å²) in [7, 11) is 0. The Labute approximate surface area is 141 Å². The van der Waals surface area contributed by atoms with Gasteiger partial charge in [-0.05, 0) is 12.1 Å². The SMILES string of the molecule is CC(C)Sc1nnc(Cc2csc(-c3cccc(Cl)c3)n2)o1. The largest absolute Gasteiger partial charge is 0.416 e. The minimum Gasteiger partial charge on any atom is -0.416 e. The Morgan fingerprint density at radius 1 is 1.32 bits per heavy atom. The summed E-state index contributed by atoms with van der Waals surface area (Å²) in [4.78, 5) is 4.61. The van der Waals surface area contributed by atoms with Gasteiger partial charge in [-0.3, -0.25) is 0 Å². The number of hydrogen-bond donors (Lipinski definition) is 0. The van der Waals surface area contributed by atoms with Crippen LogP contribution < -0.4 is 0 Å². The van der Waals surface area contributed by atoms with Crippen LogP contribution in [0, 0.1) is 0 Å². The topological polar surface area (TPSA) is 51.8 Å². The van der Waals surface area contributed by atoms with Crippen molar-refractivity contribution in [2.75, 3.05) is 0 Å². The molecule has 0 fully saturated rings. The molecule has 0 saturated heterocycles. The molecule has 0 amide bonds. The quantitative estimate of drug-likeness (QED) is 0.609. The summed E-state index contributed by atoms with van der Waals surface area (Å²) in [5, 5.41) is 12.8. The predicted molar refractivity (Wildman–Crippen MR) is 90.7 cm³/mol. The molecule has 0 unspecified atom stereocenters. The first-order valence-corrected chi connectivity index (χ1v) is 8.93. The lowest BCUT2D eigenvalue weighted by molar-refractivity contribution is 0.419. The smallest absolute Gasteiger partial charge is 0.276 e. The van der Waals surface area contributed by atoms with E-state index in [1.54, 1.807) is 23.1 Å². The van der Waals surface area contributed by atoms with E-state index in [1.807, 2.05) is 29.6 Å². The summed E-state index contributed by atoms with van der Waals surface area (Å²) in [6, 6.07) is 7.69. The van der Waals surface area contributed by atoms with Crippen molar-refractivity contribution in [3.63, 3.8) is 0 Å². The van der Waals surface area contributed by atoms with Gasteiger partial charge in [-0.1, -0.05) is 49.3 Å². The molecule has 0 spiro atoms. The highest BCUT2D eigenvalue weighted by atomic mass is 35.5. The maximum absolute atomic E-state index is 6.02. The van der Waals surface area contributed by atoms with Crippen LogP contribution in [-0.4, -0.2) is 20.4 Å². The number of aromatic nitrogens is 3. The number of hydrogen-bond acceptors (Lipinski definition) is 6. The number of nitrogens with zero attached hydrogens (tertiary/aromatic N) is 3. The molecule has 4 nitrogen and oxygen atoms in total. The number of halogens is 1. The van der Waals surface area contributed by atoms with Gasteiger partial charge in [-0.2, -0.15) is 0 Å². The van der Waals surface area contributed by atoms with Gasteiger partial charge in [-0.25, -0.2) is 4.98 Å². The van der Waals surface area contributed by atoms with Crippen molar-refractivity contribution >= 4 is 34.7 Å². The van der Waals surface area contributed by atoms with E-state index in [-0.39, 0.29) is 0 Å². The molecule has 7 heteroatoms. The van der Waals surface area contributed by atoms with Gasteiger partial charge >= 0.3 is 0 Å². The van der Waals surface area contributed by atoms with Crippen LogP contribution in [0.25, 0.3) is 10.6 Å². The molecule has 0 saturated carbocycles. The lowest BCUT2D eigenvalue weighted by atomic mass is 10.2. The first-order valence-electron chi connectivity index (χ1n) is 6.79. The number of benzene rings is 1. The highest BCUT2D eigenvalue weighted by Gasteiger charge is 2.12. The predicted octanol–water partition coefficient (Wildman–Crippen LogP) is 4.94. The average molecular weight is 352 g/mol. The molecule has 0 aliphatic rings. The van der Waals surface area contributed by atoms with Crippen molar-refractivity contribution in [3.05, 3.63) is 46.3 Å². The maximum atomic E-state index is 6.02. The second-order valence-corrected chi connectivity index (χ2v) is 7.78. The van der Waals surface area contributed by atoms with Gasteiger partial charge in [0.25, 0.3) is 5.22 Å². The van der Waals surface area contributed by atoms with Crippen LogP contribution in [0.2, 0.25) is 5.02 Å². The highest BCUT2D eigenvalue weighted by Crippen LogP contribution is 2.27. The normalized spacial score (nSPS) is 11.3. The van der Waals surface area contributed by atoms with Crippen molar-refractivity contribution in [1.82, 2.24) is 15.2 Å². The summed E-state index contributed by atoms with van der Waals surface area (Å²) in [5.41, 5.74) is 1.94. The highest BCUT2D eigenvalue weighted by molar-refractivity contribution is 7.99. The third-order valence-corrected chi connectivity index (χ3v) is 4.75. The zero-order valence-electron chi connectivity index (χ0n) is 12.1. The van der Waals surface area contributed by atoms with E-state index in [1.165, 1.54) is 0 Å². The van der Waals surface area contributed by atoms with Gasteiger partial charge in [0.15, 0.2) is 0 Å². The van der Waals surface area contributed by atoms with Gasteiger partial charge in [-0.15, -0.1) is 21.5 Å². The zero-order chi connectivity index (χ0) is 15.5. The van der Waals surface area contributed by atoms with Crippen LogP contribution >= 0.6 is 34.7 Å². The minimum absolute atomic E-state index is 0.419. The first kappa shape index (κ1) is 15.5. The Balaban J connectivity index is 1.73. The Hall–Kier alpha value is -1.37. The van der Waals surface area contributed by atoms with Crippen molar-refractivity contribution < 1.29 is 4.42 Å². The van der Waals surface area contributed by atoms with Crippen LogP contribution in [0.15, 0.2) is 39.3 Å². The van der Waals surface area contributed by atoms with Gasteiger partial charge < -0.3 is 4.42 Å². The summed E-state index contributed by atoms with van der Waals surface area (Å²) in [6.45, 7) is 4.18. The number of thiazole rings is 1. The molecule has 0 aliphatic heterocycles. The van der Waals surface area contributed by atoms with Gasteiger partial charge in [0.1, 0.15) is 5.01 Å². The minimum atomic E-state index is 0.419. The fourth-order valence-corrected chi connectivity index (χ4v) is 3.50. The molecule has 0 N–H and O–H groups in total. The third kappa shape index (κ3) is 3.88. The molecule has 1 aromatic carbocycles. The number of thioether (sulfide) groups is 1. The van der Waals surface area contributed by atoms with Gasteiger partial charge in [0.2, 0.25) is 5.89 Å². The van der Waals surface area contributed by atoms with E-state index in [2.05, 4.69) is 29.0 Å². The summed E-state index contributed by atoms with van der Waals surface area (Å²) >= 11 is 9.16. The van der Waals surface area contributed by atoms with Crippen molar-refractivity contribution in [2.24, 2.45) is 0 Å². The maximum Gasteiger partial charge on any atom is 0.276 e. The molecule has 0 aliphatic carbocycles. The van der Waals surface area contributed by atoms with Crippen LogP contribution in [0.3, 0.4) is 0 Å². The van der Waals surface area contributed by atoms with Crippen molar-refractivity contribution in [2.45, 2.75) is 30.7 Å². The standard InChI is InChI=1S/C15H14ClN3OS2/c1-9(2)22-15-19-18-13(20-15)7-12-8-21-14(17-12)10-4-3-5-11(16)6-10/h3-6,8-9H,7H2,1-2H3. The van der Waals surface area contributed by atoms with Crippen molar-refractivity contribution in [3.8, 4) is 10.6 Å². The second-order valence-electron chi connectivity index (χ2n) is 4.96. The molecule has 0 radical (unpaired) electrons. The molecular weight excluding hydrogens is 338 g/mol. The Kier molecular flexibility index (Phi) is 4.81. The van der Waals surface area contributed by atoms with E-state index in [0.29, 0.717) is 27.8 Å². The van der Waals surface area contributed by atoms with Crippen LogP contribution in [-0.2, 0) is 6.42 Å². The van der Waals surface area contributed by atoms with E-state index in [0.717, 1.165) is 16.3 Å². The molecule has 2 aromatic heterocycles. The molecule has 0 atom stereocenters. The second kappa shape index (κ2) is 6.81. The lowest BCUT2D eigenvalue weighted by Crippen LogP contribution is -1.88. The Morgan fingerprint density at radius 3 is 2.95 bits per heavy atom. The average Bonchev–Trinajstić information content (AvgIpc) is 3.08. The Morgan fingerprint density at radius 2 is 2.18 bits per heavy atom. The van der Waals surface area contributed by atoms with Crippen molar-refractivity contribution in [1.29, 1.82) is 0 Å². The Bertz CT molecular complexity index is 770. The first-order chi connectivity index (χ1) is 10.6. The van der Waals surface area contributed by atoms with Gasteiger partial charge in [0.05, 0.1) is 12.1 Å². The van der Waals surface area contributed by atoms with Crippen LogP contribution in [0.5, 0.6) is 0 Å². The fourth-order valence-electron chi connectivity index (χ4n) is 1.86. The molecule has 22 heavy (non-hydrogen) atoms. The van der Waals surface area contributed by atoms with E-state index >= 15 is 0 Å². The molecule has 3 aromatic rings. The van der Waals surface area contributed by atoms with Crippen LogP contribution in [0.1, 0.15) is 25.4 Å². The van der Waals surface area contributed by atoms with E-state index < -0.39 is 0 Å². The van der Waals surface area contributed by atoms with E-state index in [9.17, 15) is 0 Å². The summed E-state index contributed by atoms with van der Waals surface area (Å²) in [5.74, 6) is 0.589. The molecule has 2 heterocycles. The van der Waals surface area contributed by atoms with Crippen LogP contribution in [0.4, 0.5) is 0 Å². The molecular formula is C15H14ClN3OS2. The summed E-state index contributed by atoms with van der Waals surface area (Å²) < 4.78 is 5.62. The number of rotatable bonds is 5. The van der Waals surface area contributed by atoms with E-state index in [4.69, 9.17) is 16.0 Å². The molecule has 0 bridgehead atoms. The van der Waals surface area contributed by atoms with Gasteiger partial charge in [0, 0.05) is 21.2 Å². The third-order valence-electron chi connectivity index (χ3n) is 2.74. The fraction of sp³-hybridized carbons (Fsp3) is 0.267. The monoisotopic (exact) mass is 351 g/mol.